The molecule has 0 radical (unpaired) electrons. The van der Waals surface area contributed by atoms with Crippen LogP contribution in [0.2, 0.25) is 5.02 Å². The maximum Gasteiger partial charge on any atom is 0.257 e. The molecule has 2 N–H and O–H groups in total. The number of nitrogens with one attached hydrogen (secondary N) is 2. The third-order valence-electron chi connectivity index (χ3n) is 7.46. The van der Waals surface area contributed by atoms with Crippen LogP contribution in [0, 0.1) is 0 Å². The van der Waals surface area contributed by atoms with Crippen LogP contribution >= 0.6 is 11.6 Å². The number of amides is 1. The molecule has 10 heteroatoms. The Balaban J connectivity index is 1.28. The van der Waals surface area contributed by atoms with Crippen LogP contribution in [0.5, 0.6) is 5.75 Å². The van der Waals surface area contributed by atoms with E-state index in [2.05, 4.69) is 20.5 Å². The SMILES string of the molecule is O=C(NCc1ccc(Cl)cc1)c1cn2c3c(cc(CN4CCOCC4)cc3c1=O)OC(CNCc1ccncc1)C2. The average Bonchev–Trinajstić information content (AvgIpc) is 2.99. The third kappa shape index (κ3) is 6.44. The van der Waals surface area contributed by atoms with Gasteiger partial charge in [0.2, 0.25) is 5.43 Å². The van der Waals surface area contributed by atoms with Gasteiger partial charge in [-0.3, -0.25) is 19.5 Å². The van der Waals surface area contributed by atoms with Crippen molar-refractivity contribution >= 4 is 28.4 Å². The number of carbonyl (C=O) groups is 1. The van der Waals surface area contributed by atoms with E-state index in [4.69, 9.17) is 21.1 Å². The normalized spacial score (nSPS) is 16.9. The highest BCUT2D eigenvalue weighted by molar-refractivity contribution is 6.30. The minimum Gasteiger partial charge on any atom is -0.485 e. The van der Waals surface area contributed by atoms with Gasteiger partial charge >= 0.3 is 0 Å². The molecule has 2 aliphatic rings. The van der Waals surface area contributed by atoms with E-state index in [1.807, 2.05) is 41.0 Å². The molecule has 1 fully saturated rings. The molecule has 0 bridgehead atoms. The Morgan fingerprint density at radius 2 is 1.76 bits per heavy atom. The topological polar surface area (TPSA) is 97.7 Å². The number of nitrogens with zero attached hydrogens (tertiary/aromatic N) is 3. The van der Waals surface area contributed by atoms with Crippen LogP contribution < -0.4 is 20.8 Å². The molecule has 0 aliphatic carbocycles. The molecule has 212 valence electrons. The van der Waals surface area contributed by atoms with E-state index in [1.54, 1.807) is 30.7 Å². The number of carbonyl (C=O) groups excluding carboxylic acids is 1. The van der Waals surface area contributed by atoms with Crippen molar-refractivity contribution < 1.29 is 14.3 Å². The van der Waals surface area contributed by atoms with Crippen molar-refractivity contribution in [3.8, 4) is 5.75 Å². The molecule has 1 unspecified atom stereocenters. The molecule has 1 saturated heterocycles. The van der Waals surface area contributed by atoms with Gasteiger partial charge in [0.05, 0.1) is 30.7 Å². The van der Waals surface area contributed by atoms with Gasteiger partial charge in [-0.15, -0.1) is 0 Å². The summed E-state index contributed by atoms with van der Waals surface area (Å²) in [5.41, 5.74) is 3.55. The van der Waals surface area contributed by atoms with E-state index in [1.165, 1.54) is 0 Å². The van der Waals surface area contributed by atoms with Gasteiger partial charge in [0.15, 0.2) is 0 Å². The zero-order valence-electron chi connectivity index (χ0n) is 22.6. The summed E-state index contributed by atoms with van der Waals surface area (Å²) >= 11 is 5.99. The van der Waals surface area contributed by atoms with Crippen LogP contribution in [0.25, 0.3) is 10.9 Å². The predicted molar refractivity (Wildman–Crippen MR) is 157 cm³/mol. The number of morpholine rings is 1. The average molecular weight is 574 g/mol. The third-order valence-corrected chi connectivity index (χ3v) is 7.71. The molecule has 1 atom stereocenters. The highest BCUT2D eigenvalue weighted by Gasteiger charge is 2.26. The van der Waals surface area contributed by atoms with E-state index in [-0.39, 0.29) is 17.1 Å². The zero-order chi connectivity index (χ0) is 28.2. The van der Waals surface area contributed by atoms with Crippen LogP contribution in [0.15, 0.2) is 71.9 Å². The smallest absolute Gasteiger partial charge is 0.257 e. The molecule has 6 rings (SSSR count). The maximum atomic E-state index is 13.7. The van der Waals surface area contributed by atoms with Crippen LogP contribution in [-0.4, -0.2) is 59.3 Å². The predicted octanol–water partition coefficient (Wildman–Crippen LogP) is 3.36. The van der Waals surface area contributed by atoms with Gasteiger partial charge in [-0.2, -0.15) is 0 Å². The Labute approximate surface area is 243 Å². The maximum absolute atomic E-state index is 13.7. The van der Waals surface area contributed by atoms with E-state index >= 15 is 0 Å². The van der Waals surface area contributed by atoms with Crippen LogP contribution in [0.1, 0.15) is 27.0 Å². The fourth-order valence-corrected chi connectivity index (χ4v) is 5.49. The number of aromatic nitrogens is 2. The van der Waals surface area contributed by atoms with Crippen LogP contribution in [0.3, 0.4) is 0 Å². The Morgan fingerprint density at radius 3 is 2.54 bits per heavy atom. The first-order valence-electron chi connectivity index (χ1n) is 13.8. The van der Waals surface area contributed by atoms with Gasteiger partial charge < -0.3 is 24.7 Å². The Morgan fingerprint density at radius 1 is 1.00 bits per heavy atom. The molecule has 4 aromatic rings. The van der Waals surface area contributed by atoms with Crippen LogP contribution in [-0.2, 0) is 30.9 Å². The number of hydrogen-bond donors (Lipinski definition) is 2. The second-order valence-corrected chi connectivity index (χ2v) is 10.9. The number of pyridine rings is 2. The summed E-state index contributed by atoms with van der Waals surface area (Å²) in [5, 5.41) is 7.49. The molecule has 2 aromatic carbocycles. The van der Waals surface area contributed by atoms with E-state index < -0.39 is 5.91 Å². The highest BCUT2D eigenvalue weighted by atomic mass is 35.5. The van der Waals surface area contributed by atoms with Crippen molar-refractivity contribution in [3.63, 3.8) is 0 Å². The lowest BCUT2D eigenvalue weighted by Gasteiger charge is -2.30. The summed E-state index contributed by atoms with van der Waals surface area (Å²) in [4.78, 5) is 33.4. The fourth-order valence-electron chi connectivity index (χ4n) is 5.36. The Bertz CT molecular complexity index is 1590. The summed E-state index contributed by atoms with van der Waals surface area (Å²) in [6.07, 6.45) is 5.04. The number of halogens is 1. The first-order chi connectivity index (χ1) is 20.0. The Hall–Kier alpha value is -3.76. The minimum atomic E-state index is -0.408. The molecule has 0 saturated carbocycles. The summed E-state index contributed by atoms with van der Waals surface area (Å²) in [6, 6.07) is 15.1. The summed E-state index contributed by atoms with van der Waals surface area (Å²) in [5.74, 6) is 0.257. The van der Waals surface area contributed by atoms with Gasteiger partial charge in [0.1, 0.15) is 17.4 Å². The standard InChI is InChI=1S/C31H32ClN5O4/c32-24-3-1-21(2-4-24)16-35-31(39)27-20-37-19-25(17-34-15-22-5-7-33-8-6-22)41-28-14-23(13-26(29(28)37)30(27)38)18-36-9-11-40-12-10-36/h1-8,13-14,20,25,34H,9-12,15-19H2,(H,35,39). The first kappa shape index (κ1) is 27.4. The van der Waals surface area contributed by atoms with Gasteiger partial charge in [0.25, 0.3) is 5.91 Å². The van der Waals surface area contributed by atoms with Crippen LogP contribution in [0.4, 0.5) is 0 Å². The molecule has 2 aliphatic heterocycles. The number of benzene rings is 2. The summed E-state index contributed by atoms with van der Waals surface area (Å²) < 4.78 is 13.9. The molecule has 4 heterocycles. The number of rotatable bonds is 9. The minimum absolute atomic E-state index is 0.117. The fraction of sp³-hybridized carbons (Fsp3) is 0.323. The van der Waals surface area contributed by atoms with Crippen molar-refractivity contribution in [1.82, 2.24) is 25.1 Å². The van der Waals surface area contributed by atoms with E-state index in [0.29, 0.717) is 62.1 Å². The zero-order valence-corrected chi connectivity index (χ0v) is 23.4. The van der Waals surface area contributed by atoms with Crippen molar-refractivity contribution in [1.29, 1.82) is 0 Å². The molecule has 2 aromatic heterocycles. The van der Waals surface area contributed by atoms with Gasteiger partial charge in [-0.05, 0) is 53.1 Å². The van der Waals surface area contributed by atoms with Gasteiger partial charge in [0, 0.05) is 62.9 Å². The lowest BCUT2D eigenvalue weighted by Crippen LogP contribution is -2.39. The second-order valence-electron chi connectivity index (χ2n) is 10.4. The summed E-state index contributed by atoms with van der Waals surface area (Å²) in [7, 11) is 0. The molecule has 9 nitrogen and oxygen atoms in total. The monoisotopic (exact) mass is 573 g/mol. The largest absolute Gasteiger partial charge is 0.485 e. The molecule has 1 amide bonds. The highest BCUT2D eigenvalue weighted by Crippen LogP contribution is 2.32. The van der Waals surface area contributed by atoms with E-state index in [9.17, 15) is 9.59 Å². The summed E-state index contributed by atoms with van der Waals surface area (Å²) in [6.45, 7) is 5.78. The van der Waals surface area contributed by atoms with Crippen molar-refractivity contribution in [2.24, 2.45) is 0 Å². The number of ether oxygens (including phenoxy) is 2. The van der Waals surface area contributed by atoms with Crippen molar-refractivity contribution in [2.75, 3.05) is 32.8 Å². The molecule has 41 heavy (non-hydrogen) atoms. The first-order valence-corrected chi connectivity index (χ1v) is 14.2. The van der Waals surface area contributed by atoms with Gasteiger partial charge in [-0.1, -0.05) is 23.7 Å². The molecular weight excluding hydrogens is 542 g/mol. The van der Waals surface area contributed by atoms with Gasteiger partial charge in [-0.25, -0.2) is 0 Å². The lowest BCUT2D eigenvalue weighted by molar-refractivity contribution is 0.0341. The second kappa shape index (κ2) is 12.4. The Kier molecular flexibility index (Phi) is 8.29. The molecular formula is C31H32ClN5O4. The van der Waals surface area contributed by atoms with Crippen molar-refractivity contribution in [2.45, 2.75) is 32.3 Å². The van der Waals surface area contributed by atoms with Crippen molar-refractivity contribution in [3.05, 3.63) is 105 Å². The lowest BCUT2D eigenvalue weighted by atomic mass is 10.0. The quantitative estimate of drug-likeness (QED) is 0.317. The molecule has 0 spiro atoms. The number of hydrogen-bond acceptors (Lipinski definition) is 7. The van der Waals surface area contributed by atoms with E-state index in [0.717, 1.165) is 35.3 Å².